The average molecular weight is 363 g/mol. The lowest BCUT2D eigenvalue weighted by Gasteiger charge is -2.13. The maximum absolute atomic E-state index is 5.87. The Labute approximate surface area is 160 Å². The first-order valence-corrected chi connectivity index (χ1v) is 9.17. The van der Waals surface area contributed by atoms with Gasteiger partial charge in [0.2, 0.25) is 0 Å². The van der Waals surface area contributed by atoms with Crippen molar-refractivity contribution in [2.75, 3.05) is 20.8 Å². The molecular weight excluding hydrogens is 338 g/mol. The predicted molar refractivity (Wildman–Crippen MR) is 109 cm³/mol. The molecule has 1 aromatic heterocycles. The van der Waals surface area contributed by atoms with Crippen molar-refractivity contribution in [1.82, 2.24) is 4.98 Å². The normalized spacial score (nSPS) is 10.5. The van der Waals surface area contributed by atoms with Crippen LogP contribution in [0.25, 0.3) is 22.4 Å². The number of hydrogen-bond donors (Lipinski definition) is 0. The molecule has 140 valence electrons. The number of hydrogen-bond acceptors (Lipinski definition) is 4. The molecule has 4 heteroatoms. The van der Waals surface area contributed by atoms with Crippen molar-refractivity contribution in [2.45, 2.75) is 19.8 Å². The van der Waals surface area contributed by atoms with Crippen molar-refractivity contribution in [3.05, 3.63) is 60.8 Å². The molecule has 3 aromatic rings. The zero-order chi connectivity index (χ0) is 19.1. The van der Waals surface area contributed by atoms with E-state index < -0.39 is 0 Å². The van der Waals surface area contributed by atoms with E-state index in [4.69, 9.17) is 19.2 Å². The van der Waals surface area contributed by atoms with Crippen LogP contribution in [0.1, 0.15) is 19.8 Å². The van der Waals surface area contributed by atoms with E-state index in [1.165, 1.54) is 0 Å². The molecule has 0 fully saturated rings. The molecule has 0 aliphatic heterocycles. The molecule has 0 unspecified atom stereocenters. The number of benzene rings is 2. The molecule has 0 bridgehead atoms. The summed E-state index contributed by atoms with van der Waals surface area (Å²) >= 11 is 0. The van der Waals surface area contributed by atoms with E-state index in [1.54, 1.807) is 20.4 Å². The quantitative estimate of drug-likeness (QED) is 0.488. The molecule has 0 radical (unpaired) electrons. The van der Waals surface area contributed by atoms with Crippen LogP contribution in [-0.2, 0) is 0 Å². The van der Waals surface area contributed by atoms with E-state index in [0.29, 0.717) is 6.61 Å². The molecule has 0 amide bonds. The first kappa shape index (κ1) is 18.8. The SMILES string of the molecule is CCCCOc1cnc(-c2ccc(OC)cc2)c(-c2ccc(OC)cc2)c1. The monoisotopic (exact) mass is 363 g/mol. The van der Waals surface area contributed by atoms with Crippen LogP contribution in [0.2, 0.25) is 0 Å². The van der Waals surface area contributed by atoms with Gasteiger partial charge >= 0.3 is 0 Å². The van der Waals surface area contributed by atoms with Crippen LogP contribution in [0.4, 0.5) is 0 Å². The summed E-state index contributed by atoms with van der Waals surface area (Å²) in [5, 5.41) is 0. The van der Waals surface area contributed by atoms with Gasteiger partial charge < -0.3 is 14.2 Å². The smallest absolute Gasteiger partial charge is 0.138 e. The van der Waals surface area contributed by atoms with Crippen LogP contribution in [0.15, 0.2) is 60.8 Å². The molecule has 0 aliphatic rings. The highest BCUT2D eigenvalue weighted by Crippen LogP contribution is 2.34. The van der Waals surface area contributed by atoms with Gasteiger partial charge in [-0.05, 0) is 54.4 Å². The molecule has 3 rings (SSSR count). The average Bonchev–Trinajstić information content (AvgIpc) is 2.74. The second-order valence-electron chi connectivity index (χ2n) is 6.23. The predicted octanol–water partition coefficient (Wildman–Crippen LogP) is 5.61. The number of methoxy groups -OCH3 is 2. The number of pyridine rings is 1. The maximum atomic E-state index is 5.87. The van der Waals surface area contributed by atoms with Gasteiger partial charge in [-0.25, -0.2) is 0 Å². The van der Waals surface area contributed by atoms with Crippen molar-refractivity contribution in [1.29, 1.82) is 0 Å². The molecule has 4 nitrogen and oxygen atoms in total. The van der Waals surface area contributed by atoms with E-state index in [2.05, 4.69) is 13.0 Å². The third-order valence-electron chi connectivity index (χ3n) is 4.39. The molecule has 0 atom stereocenters. The Morgan fingerprint density at radius 3 is 1.93 bits per heavy atom. The van der Waals surface area contributed by atoms with Crippen molar-refractivity contribution in [2.24, 2.45) is 0 Å². The molecule has 0 aliphatic carbocycles. The summed E-state index contributed by atoms with van der Waals surface area (Å²) in [7, 11) is 3.33. The fourth-order valence-electron chi connectivity index (χ4n) is 2.83. The second kappa shape index (κ2) is 9.08. The van der Waals surface area contributed by atoms with Crippen molar-refractivity contribution < 1.29 is 14.2 Å². The summed E-state index contributed by atoms with van der Waals surface area (Å²) < 4.78 is 16.4. The van der Waals surface area contributed by atoms with Crippen molar-refractivity contribution in [3.8, 4) is 39.6 Å². The number of nitrogens with zero attached hydrogens (tertiary/aromatic N) is 1. The molecule has 1 heterocycles. The van der Waals surface area contributed by atoms with Gasteiger partial charge in [0, 0.05) is 11.1 Å². The summed E-state index contributed by atoms with van der Waals surface area (Å²) in [6, 6.07) is 18.0. The van der Waals surface area contributed by atoms with Gasteiger partial charge in [-0.3, -0.25) is 4.98 Å². The number of rotatable bonds is 8. The Hall–Kier alpha value is -3.01. The van der Waals surface area contributed by atoms with E-state index in [-0.39, 0.29) is 0 Å². The van der Waals surface area contributed by atoms with E-state index in [9.17, 15) is 0 Å². The highest BCUT2D eigenvalue weighted by molar-refractivity contribution is 5.81. The minimum Gasteiger partial charge on any atom is -0.497 e. The summed E-state index contributed by atoms with van der Waals surface area (Å²) in [4.78, 5) is 4.71. The largest absolute Gasteiger partial charge is 0.497 e. The Bertz CT molecular complexity index is 858. The molecule has 0 saturated carbocycles. The number of aromatic nitrogens is 1. The molecule has 27 heavy (non-hydrogen) atoms. The van der Waals surface area contributed by atoms with E-state index in [1.807, 2.05) is 48.5 Å². The van der Waals surface area contributed by atoms with Crippen LogP contribution in [0.3, 0.4) is 0 Å². The molecular formula is C23H25NO3. The second-order valence-corrected chi connectivity index (χ2v) is 6.23. The lowest BCUT2D eigenvalue weighted by molar-refractivity contribution is 0.308. The van der Waals surface area contributed by atoms with E-state index in [0.717, 1.165) is 52.5 Å². The van der Waals surface area contributed by atoms with Crippen LogP contribution in [0, 0.1) is 0 Å². The summed E-state index contributed by atoms with van der Waals surface area (Å²) in [5.41, 5.74) is 4.03. The summed E-state index contributed by atoms with van der Waals surface area (Å²) in [5.74, 6) is 2.43. The van der Waals surface area contributed by atoms with Crippen LogP contribution in [0.5, 0.6) is 17.2 Å². The third kappa shape index (κ3) is 4.59. The minimum atomic E-state index is 0.697. The maximum Gasteiger partial charge on any atom is 0.138 e. The minimum absolute atomic E-state index is 0.697. The number of unbranched alkanes of at least 4 members (excludes halogenated alkanes) is 1. The first-order valence-electron chi connectivity index (χ1n) is 9.17. The lowest BCUT2D eigenvalue weighted by Crippen LogP contribution is -1.98. The van der Waals surface area contributed by atoms with Crippen LogP contribution in [-0.4, -0.2) is 25.8 Å². The standard InChI is InChI=1S/C23H25NO3/c1-4-5-14-27-21-15-22(17-6-10-19(25-2)11-7-17)23(24-16-21)18-8-12-20(26-3)13-9-18/h6-13,15-16H,4-5,14H2,1-3H3. The number of ether oxygens (including phenoxy) is 3. The fourth-order valence-corrected chi connectivity index (χ4v) is 2.83. The summed E-state index contributed by atoms with van der Waals surface area (Å²) in [6.07, 6.45) is 3.92. The zero-order valence-electron chi connectivity index (χ0n) is 16.1. The highest BCUT2D eigenvalue weighted by Gasteiger charge is 2.12. The van der Waals surface area contributed by atoms with Gasteiger partial charge in [0.1, 0.15) is 17.2 Å². The van der Waals surface area contributed by atoms with Gasteiger partial charge in [-0.15, -0.1) is 0 Å². The van der Waals surface area contributed by atoms with Gasteiger partial charge in [0.05, 0.1) is 32.7 Å². The van der Waals surface area contributed by atoms with Crippen LogP contribution < -0.4 is 14.2 Å². The topological polar surface area (TPSA) is 40.6 Å². The molecule has 0 spiro atoms. The van der Waals surface area contributed by atoms with Gasteiger partial charge in [0.25, 0.3) is 0 Å². The Kier molecular flexibility index (Phi) is 6.31. The van der Waals surface area contributed by atoms with Gasteiger partial charge in [0.15, 0.2) is 0 Å². The summed E-state index contributed by atoms with van der Waals surface area (Å²) in [6.45, 7) is 2.85. The van der Waals surface area contributed by atoms with Crippen molar-refractivity contribution >= 4 is 0 Å². The molecule has 0 saturated heterocycles. The molecule has 0 N–H and O–H groups in total. The van der Waals surface area contributed by atoms with Crippen molar-refractivity contribution in [3.63, 3.8) is 0 Å². The highest BCUT2D eigenvalue weighted by atomic mass is 16.5. The fraction of sp³-hybridized carbons (Fsp3) is 0.261. The zero-order valence-corrected chi connectivity index (χ0v) is 16.1. The van der Waals surface area contributed by atoms with E-state index >= 15 is 0 Å². The molecule has 2 aromatic carbocycles. The van der Waals surface area contributed by atoms with Gasteiger partial charge in [-0.1, -0.05) is 25.5 Å². The lowest BCUT2D eigenvalue weighted by atomic mass is 9.99. The third-order valence-corrected chi connectivity index (χ3v) is 4.39. The van der Waals surface area contributed by atoms with Gasteiger partial charge in [-0.2, -0.15) is 0 Å². The van der Waals surface area contributed by atoms with Crippen LogP contribution >= 0.6 is 0 Å². The Morgan fingerprint density at radius 1 is 0.778 bits per heavy atom. The Morgan fingerprint density at radius 2 is 1.37 bits per heavy atom. The first-order chi connectivity index (χ1) is 13.2. The Balaban J connectivity index is 2.01.